The Balaban J connectivity index is 2.07. The van der Waals surface area contributed by atoms with Gasteiger partial charge in [-0.05, 0) is 37.1 Å². The van der Waals surface area contributed by atoms with Crippen molar-refractivity contribution in [3.8, 4) is 0 Å². The van der Waals surface area contributed by atoms with Crippen molar-refractivity contribution in [2.45, 2.75) is 26.4 Å². The lowest BCUT2D eigenvalue weighted by Gasteiger charge is -2.34. The number of benzene rings is 1. The van der Waals surface area contributed by atoms with Gasteiger partial charge in [-0.2, -0.15) is 0 Å². The van der Waals surface area contributed by atoms with Gasteiger partial charge < -0.3 is 5.32 Å². The van der Waals surface area contributed by atoms with E-state index >= 15 is 0 Å². The zero-order valence-corrected chi connectivity index (χ0v) is 11.5. The van der Waals surface area contributed by atoms with E-state index in [4.69, 9.17) is 0 Å². The minimum Gasteiger partial charge on any atom is -0.314 e. The van der Waals surface area contributed by atoms with Crippen LogP contribution < -0.4 is 5.32 Å². The van der Waals surface area contributed by atoms with Gasteiger partial charge in [-0.15, -0.1) is 0 Å². The van der Waals surface area contributed by atoms with Crippen molar-refractivity contribution in [3.05, 3.63) is 33.8 Å². The van der Waals surface area contributed by atoms with Gasteiger partial charge in [-0.3, -0.25) is 4.90 Å². The van der Waals surface area contributed by atoms with E-state index < -0.39 is 0 Å². The van der Waals surface area contributed by atoms with E-state index in [1.54, 1.807) is 0 Å². The summed E-state index contributed by atoms with van der Waals surface area (Å²) in [5.41, 5.74) is 2.82. The van der Waals surface area contributed by atoms with Crippen LogP contribution in [-0.2, 0) is 6.54 Å². The first-order valence-electron chi connectivity index (χ1n) is 5.86. The molecule has 1 aromatic carbocycles. The standard InChI is InChI=1S/C13H19BrN2/c1-10-7-13(14)4-3-12(10)9-16-6-5-15-8-11(16)2/h3-4,7,11,15H,5-6,8-9H2,1-2H3/t11-/m0/s1. The summed E-state index contributed by atoms with van der Waals surface area (Å²) in [7, 11) is 0. The van der Waals surface area contributed by atoms with E-state index in [1.807, 2.05) is 0 Å². The van der Waals surface area contributed by atoms with Crippen LogP contribution in [0.3, 0.4) is 0 Å². The van der Waals surface area contributed by atoms with Gasteiger partial charge in [0.25, 0.3) is 0 Å². The second-order valence-corrected chi connectivity index (χ2v) is 5.51. The fourth-order valence-corrected chi connectivity index (χ4v) is 2.65. The number of nitrogens with zero attached hydrogens (tertiary/aromatic N) is 1. The van der Waals surface area contributed by atoms with Crippen LogP contribution in [0.4, 0.5) is 0 Å². The van der Waals surface area contributed by atoms with Crippen LogP contribution in [0.1, 0.15) is 18.1 Å². The summed E-state index contributed by atoms with van der Waals surface area (Å²) in [5, 5.41) is 3.42. The van der Waals surface area contributed by atoms with Gasteiger partial charge in [-0.25, -0.2) is 0 Å². The molecule has 0 unspecified atom stereocenters. The Morgan fingerprint density at radius 3 is 3.00 bits per heavy atom. The Morgan fingerprint density at radius 1 is 1.50 bits per heavy atom. The molecule has 3 heteroatoms. The Labute approximate surface area is 106 Å². The fraction of sp³-hybridized carbons (Fsp3) is 0.538. The molecule has 2 rings (SSSR count). The van der Waals surface area contributed by atoms with Crippen LogP contribution in [-0.4, -0.2) is 30.6 Å². The molecule has 1 fully saturated rings. The first-order chi connectivity index (χ1) is 7.66. The molecule has 1 N–H and O–H groups in total. The number of halogens is 1. The molecule has 0 aromatic heterocycles. The van der Waals surface area contributed by atoms with Gasteiger partial charge in [-0.1, -0.05) is 22.0 Å². The van der Waals surface area contributed by atoms with Gasteiger partial charge >= 0.3 is 0 Å². The maximum Gasteiger partial charge on any atom is 0.0240 e. The van der Waals surface area contributed by atoms with Crippen molar-refractivity contribution in [2.24, 2.45) is 0 Å². The van der Waals surface area contributed by atoms with Crippen LogP contribution in [0, 0.1) is 6.92 Å². The zero-order chi connectivity index (χ0) is 11.5. The number of aryl methyl sites for hydroxylation is 1. The number of hydrogen-bond donors (Lipinski definition) is 1. The van der Waals surface area contributed by atoms with Crippen LogP contribution in [0.15, 0.2) is 22.7 Å². The highest BCUT2D eigenvalue weighted by molar-refractivity contribution is 9.10. The molecule has 2 nitrogen and oxygen atoms in total. The van der Waals surface area contributed by atoms with Crippen molar-refractivity contribution < 1.29 is 0 Å². The zero-order valence-electron chi connectivity index (χ0n) is 9.96. The summed E-state index contributed by atoms with van der Waals surface area (Å²) in [6.45, 7) is 8.92. The van der Waals surface area contributed by atoms with Crippen LogP contribution >= 0.6 is 15.9 Å². The lowest BCUT2D eigenvalue weighted by Crippen LogP contribution is -2.49. The number of rotatable bonds is 2. The van der Waals surface area contributed by atoms with Gasteiger partial charge in [0.1, 0.15) is 0 Å². The molecule has 0 spiro atoms. The van der Waals surface area contributed by atoms with E-state index in [0.29, 0.717) is 6.04 Å². The molecule has 1 saturated heterocycles. The van der Waals surface area contributed by atoms with Crippen LogP contribution in [0.2, 0.25) is 0 Å². The predicted octanol–water partition coefficient (Wildman–Crippen LogP) is 2.55. The molecule has 0 bridgehead atoms. The highest BCUT2D eigenvalue weighted by Crippen LogP contribution is 2.18. The Bertz CT molecular complexity index is 365. The van der Waals surface area contributed by atoms with Crippen molar-refractivity contribution >= 4 is 15.9 Å². The largest absolute Gasteiger partial charge is 0.314 e. The van der Waals surface area contributed by atoms with Crippen molar-refractivity contribution in [1.29, 1.82) is 0 Å². The Kier molecular flexibility index (Phi) is 4.00. The summed E-state index contributed by atoms with van der Waals surface area (Å²) in [6.07, 6.45) is 0. The lowest BCUT2D eigenvalue weighted by atomic mass is 10.1. The molecular formula is C13H19BrN2. The Hall–Kier alpha value is -0.380. The van der Waals surface area contributed by atoms with E-state index in [0.717, 1.165) is 26.2 Å². The molecule has 0 radical (unpaired) electrons. The molecule has 1 heterocycles. The smallest absolute Gasteiger partial charge is 0.0240 e. The van der Waals surface area contributed by atoms with E-state index in [2.05, 4.69) is 58.2 Å². The third-order valence-corrected chi connectivity index (χ3v) is 3.81. The fourth-order valence-electron chi connectivity index (χ4n) is 2.17. The summed E-state index contributed by atoms with van der Waals surface area (Å²) in [5.74, 6) is 0. The third kappa shape index (κ3) is 2.84. The quantitative estimate of drug-likeness (QED) is 0.897. The highest BCUT2D eigenvalue weighted by atomic mass is 79.9. The second kappa shape index (κ2) is 5.30. The number of hydrogen-bond acceptors (Lipinski definition) is 2. The number of piperazine rings is 1. The first kappa shape index (κ1) is 12.1. The molecule has 1 aliphatic rings. The minimum absolute atomic E-state index is 0.636. The topological polar surface area (TPSA) is 15.3 Å². The second-order valence-electron chi connectivity index (χ2n) is 4.59. The minimum atomic E-state index is 0.636. The predicted molar refractivity (Wildman–Crippen MR) is 71.6 cm³/mol. The van der Waals surface area contributed by atoms with Gasteiger partial charge in [0.05, 0.1) is 0 Å². The van der Waals surface area contributed by atoms with E-state index in [-0.39, 0.29) is 0 Å². The summed E-state index contributed by atoms with van der Waals surface area (Å²) >= 11 is 3.51. The maximum atomic E-state index is 3.51. The van der Waals surface area contributed by atoms with Gasteiger partial charge in [0, 0.05) is 36.7 Å². The SMILES string of the molecule is Cc1cc(Br)ccc1CN1CCNC[C@@H]1C. The third-order valence-electron chi connectivity index (χ3n) is 3.32. The molecule has 0 amide bonds. The van der Waals surface area contributed by atoms with Crippen molar-refractivity contribution in [1.82, 2.24) is 10.2 Å². The van der Waals surface area contributed by atoms with Crippen LogP contribution in [0.25, 0.3) is 0 Å². The maximum absolute atomic E-state index is 3.51. The summed E-state index contributed by atoms with van der Waals surface area (Å²) in [4.78, 5) is 2.55. The number of nitrogens with one attached hydrogen (secondary N) is 1. The lowest BCUT2D eigenvalue weighted by molar-refractivity contribution is 0.165. The van der Waals surface area contributed by atoms with Gasteiger partial charge in [0.2, 0.25) is 0 Å². The first-order valence-corrected chi connectivity index (χ1v) is 6.66. The molecule has 16 heavy (non-hydrogen) atoms. The normalized spacial score (nSPS) is 22.3. The van der Waals surface area contributed by atoms with Gasteiger partial charge in [0.15, 0.2) is 0 Å². The Morgan fingerprint density at radius 2 is 2.31 bits per heavy atom. The monoisotopic (exact) mass is 282 g/mol. The van der Waals surface area contributed by atoms with Crippen molar-refractivity contribution in [2.75, 3.05) is 19.6 Å². The summed E-state index contributed by atoms with van der Waals surface area (Å²) in [6, 6.07) is 7.20. The molecule has 0 aliphatic carbocycles. The van der Waals surface area contributed by atoms with E-state index in [9.17, 15) is 0 Å². The van der Waals surface area contributed by atoms with E-state index in [1.165, 1.54) is 15.6 Å². The molecule has 1 aliphatic heterocycles. The molecule has 88 valence electrons. The van der Waals surface area contributed by atoms with Crippen molar-refractivity contribution in [3.63, 3.8) is 0 Å². The average Bonchev–Trinajstić information content (AvgIpc) is 2.25. The highest BCUT2D eigenvalue weighted by Gasteiger charge is 2.18. The molecule has 1 atom stereocenters. The average molecular weight is 283 g/mol. The molecule has 1 aromatic rings. The summed E-state index contributed by atoms with van der Waals surface area (Å²) < 4.78 is 1.17. The van der Waals surface area contributed by atoms with Crippen LogP contribution in [0.5, 0.6) is 0 Å². The molecular weight excluding hydrogens is 264 g/mol. The molecule has 0 saturated carbocycles.